The van der Waals surface area contributed by atoms with Gasteiger partial charge in [0.15, 0.2) is 5.78 Å². The molecule has 0 bridgehead atoms. The Kier molecular flexibility index (Phi) is 3.97. The van der Waals surface area contributed by atoms with Crippen molar-refractivity contribution in [1.82, 2.24) is 0 Å². The van der Waals surface area contributed by atoms with Crippen LogP contribution in [-0.4, -0.2) is 31.4 Å². The number of carbonyl (C=O) groups excluding carboxylic acids is 2. The van der Waals surface area contributed by atoms with E-state index in [4.69, 9.17) is 4.74 Å². The van der Waals surface area contributed by atoms with Crippen molar-refractivity contribution in [3.8, 4) is 0 Å². The number of rotatable bonds is 4. The molecule has 1 aliphatic rings. The molecule has 96 valence electrons. The summed E-state index contributed by atoms with van der Waals surface area (Å²) < 4.78 is 4.97. The molecule has 1 fully saturated rings. The number of para-hydroxylation sites is 1. The smallest absolute Gasteiger partial charge is 0.340 e. The molecule has 2 rings (SSSR count). The summed E-state index contributed by atoms with van der Waals surface area (Å²) in [5.74, 6) is -0.574. The molecule has 0 spiro atoms. The highest BCUT2D eigenvalue weighted by molar-refractivity contribution is 5.97. The van der Waals surface area contributed by atoms with Crippen LogP contribution in [0.2, 0.25) is 0 Å². The molecule has 0 amide bonds. The molecule has 0 atom stereocenters. The Morgan fingerprint density at radius 3 is 2.56 bits per heavy atom. The Hall–Kier alpha value is -1.84. The highest BCUT2D eigenvalue weighted by Crippen LogP contribution is 2.24. The predicted octanol–water partition coefficient (Wildman–Crippen LogP) is 2.03. The number of benzene rings is 1. The summed E-state index contributed by atoms with van der Waals surface area (Å²) in [4.78, 5) is 24.9. The Balaban J connectivity index is 2.16. The molecule has 1 aromatic rings. The summed E-state index contributed by atoms with van der Waals surface area (Å²) in [5, 5.41) is 0. The van der Waals surface area contributed by atoms with Crippen molar-refractivity contribution in [3.63, 3.8) is 0 Å². The molecule has 0 aliphatic carbocycles. The number of Topliss-reactive ketones (excluding diaryl/α,β-unsaturated/α-hetero) is 1. The standard InChI is InChI=1S/C14H17NO3/c1-11(16)10-18-14(17)12-6-2-3-7-13(12)15-8-4-5-9-15/h2-3,6-7H,4-5,8-10H2,1H3. The second-order valence-electron chi connectivity index (χ2n) is 4.49. The van der Waals surface area contributed by atoms with Crippen LogP contribution in [0, 0.1) is 0 Å². The molecule has 4 heteroatoms. The van der Waals surface area contributed by atoms with Gasteiger partial charge in [-0.3, -0.25) is 4.79 Å². The summed E-state index contributed by atoms with van der Waals surface area (Å²) in [6.07, 6.45) is 2.30. The first-order valence-corrected chi connectivity index (χ1v) is 6.19. The summed E-state index contributed by atoms with van der Waals surface area (Å²) in [7, 11) is 0. The molecule has 0 radical (unpaired) electrons. The van der Waals surface area contributed by atoms with Gasteiger partial charge < -0.3 is 9.64 Å². The maximum atomic E-state index is 11.9. The molecule has 0 saturated carbocycles. The lowest BCUT2D eigenvalue weighted by atomic mass is 10.1. The van der Waals surface area contributed by atoms with Crippen LogP contribution in [0.15, 0.2) is 24.3 Å². The first-order valence-electron chi connectivity index (χ1n) is 6.19. The number of hydrogen-bond acceptors (Lipinski definition) is 4. The van der Waals surface area contributed by atoms with Crippen molar-refractivity contribution in [2.24, 2.45) is 0 Å². The van der Waals surface area contributed by atoms with Crippen LogP contribution in [0.4, 0.5) is 5.69 Å². The quantitative estimate of drug-likeness (QED) is 0.764. The van der Waals surface area contributed by atoms with Crippen LogP contribution in [0.5, 0.6) is 0 Å². The lowest BCUT2D eigenvalue weighted by Gasteiger charge is -2.20. The molecule has 4 nitrogen and oxygen atoms in total. The second kappa shape index (κ2) is 5.67. The zero-order chi connectivity index (χ0) is 13.0. The van der Waals surface area contributed by atoms with E-state index in [1.54, 1.807) is 6.07 Å². The van der Waals surface area contributed by atoms with E-state index in [0.717, 1.165) is 31.6 Å². The highest BCUT2D eigenvalue weighted by Gasteiger charge is 2.19. The molecule has 1 saturated heterocycles. The van der Waals surface area contributed by atoms with Gasteiger partial charge in [0, 0.05) is 13.1 Å². The summed E-state index contributed by atoms with van der Waals surface area (Å²) >= 11 is 0. The number of hydrogen-bond donors (Lipinski definition) is 0. The molecular formula is C14H17NO3. The van der Waals surface area contributed by atoms with Gasteiger partial charge in [-0.2, -0.15) is 0 Å². The van der Waals surface area contributed by atoms with Crippen LogP contribution < -0.4 is 4.90 Å². The van der Waals surface area contributed by atoms with Crippen molar-refractivity contribution >= 4 is 17.4 Å². The molecule has 1 heterocycles. The van der Waals surface area contributed by atoms with E-state index >= 15 is 0 Å². The normalized spacial score (nSPS) is 14.6. The molecular weight excluding hydrogens is 230 g/mol. The molecule has 1 aromatic carbocycles. The fourth-order valence-electron chi connectivity index (χ4n) is 2.12. The number of ether oxygens (including phenoxy) is 1. The van der Waals surface area contributed by atoms with Gasteiger partial charge >= 0.3 is 5.97 Å². The molecule has 0 N–H and O–H groups in total. The number of ketones is 1. The van der Waals surface area contributed by atoms with Crippen molar-refractivity contribution < 1.29 is 14.3 Å². The third-order valence-electron chi connectivity index (χ3n) is 2.98. The zero-order valence-corrected chi connectivity index (χ0v) is 10.5. The molecule has 0 aromatic heterocycles. The first kappa shape index (κ1) is 12.6. The predicted molar refractivity (Wildman–Crippen MR) is 68.9 cm³/mol. The van der Waals surface area contributed by atoms with E-state index in [9.17, 15) is 9.59 Å². The van der Waals surface area contributed by atoms with Crippen LogP contribution in [0.1, 0.15) is 30.1 Å². The second-order valence-corrected chi connectivity index (χ2v) is 4.49. The topological polar surface area (TPSA) is 46.6 Å². The Morgan fingerprint density at radius 2 is 1.89 bits per heavy atom. The average Bonchev–Trinajstić information content (AvgIpc) is 2.89. The van der Waals surface area contributed by atoms with Crippen molar-refractivity contribution in [2.45, 2.75) is 19.8 Å². The Bertz CT molecular complexity index is 450. The fourth-order valence-corrected chi connectivity index (χ4v) is 2.12. The van der Waals surface area contributed by atoms with Gasteiger partial charge in [0.1, 0.15) is 6.61 Å². The molecule has 18 heavy (non-hydrogen) atoms. The van der Waals surface area contributed by atoms with Gasteiger partial charge in [0.05, 0.1) is 11.3 Å². The van der Waals surface area contributed by atoms with Gasteiger partial charge in [-0.25, -0.2) is 4.79 Å². The van der Waals surface area contributed by atoms with E-state index in [2.05, 4.69) is 4.90 Å². The van der Waals surface area contributed by atoms with Gasteiger partial charge in [-0.05, 0) is 31.9 Å². The SMILES string of the molecule is CC(=O)COC(=O)c1ccccc1N1CCCC1. The summed E-state index contributed by atoms with van der Waals surface area (Å²) in [6.45, 7) is 3.18. The minimum Gasteiger partial charge on any atom is -0.454 e. The summed E-state index contributed by atoms with van der Waals surface area (Å²) in [6, 6.07) is 7.39. The Morgan fingerprint density at radius 1 is 1.22 bits per heavy atom. The van der Waals surface area contributed by atoms with E-state index in [1.165, 1.54) is 6.92 Å². The van der Waals surface area contributed by atoms with Gasteiger partial charge in [0.25, 0.3) is 0 Å². The maximum Gasteiger partial charge on any atom is 0.340 e. The average molecular weight is 247 g/mol. The highest BCUT2D eigenvalue weighted by atomic mass is 16.5. The van der Waals surface area contributed by atoms with Gasteiger partial charge in [-0.1, -0.05) is 12.1 Å². The van der Waals surface area contributed by atoms with Crippen LogP contribution in [0.3, 0.4) is 0 Å². The summed E-state index contributed by atoms with van der Waals surface area (Å²) in [5.41, 5.74) is 1.45. The number of nitrogens with zero attached hydrogens (tertiary/aromatic N) is 1. The lowest BCUT2D eigenvalue weighted by Crippen LogP contribution is -2.21. The minimum absolute atomic E-state index is 0.151. The number of esters is 1. The molecule has 0 unspecified atom stereocenters. The van der Waals surface area contributed by atoms with E-state index in [0.29, 0.717) is 5.56 Å². The molecule has 1 aliphatic heterocycles. The van der Waals surface area contributed by atoms with Crippen molar-refractivity contribution in [2.75, 3.05) is 24.6 Å². The number of anilines is 1. The third kappa shape index (κ3) is 2.88. The largest absolute Gasteiger partial charge is 0.454 e. The monoisotopic (exact) mass is 247 g/mol. The number of carbonyl (C=O) groups is 2. The van der Waals surface area contributed by atoms with Crippen LogP contribution in [-0.2, 0) is 9.53 Å². The zero-order valence-electron chi connectivity index (χ0n) is 10.5. The van der Waals surface area contributed by atoms with E-state index in [1.807, 2.05) is 18.2 Å². The minimum atomic E-state index is -0.423. The maximum absolute atomic E-state index is 11.9. The third-order valence-corrected chi connectivity index (χ3v) is 2.98. The first-order chi connectivity index (χ1) is 8.68. The lowest BCUT2D eigenvalue weighted by molar-refractivity contribution is -0.120. The van der Waals surface area contributed by atoms with E-state index < -0.39 is 5.97 Å². The van der Waals surface area contributed by atoms with Gasteiger partial charge in [-0.15, -0.1) is 0 Å². The van der Waals surface area contributed by atoms with Crippen LogP contribution >= 0.6 is 0 Å². The fraction of sp³-hybridized carbons (Fsp3) is 0.429. The van der Waals surface area contributed by atoms with Crippen molar-refractivity contribution in [3.05, 3.63) is 29.8 Å². The Labute approximate surface area is 107 Å². The van der Waals surface area contributed by atoms with Crippen LogP contribution in [0.25, 0.3) is 0 Å². The van der Waals surface area contributed by atoms with E-state index in [-0.39, 0.29) is 12.4 Å². The van der Waals surface area contributed by atoms with Crippen molar-refractivity contribution in [1.29, 1.82) is 0 Å². The van der Waals surface area contributed by atoms with Gasteiger partial charge in [0.2, 0.25) is 0 Å².